The molecule has 6 heteroatoms. The summed E-state index contributed by atoms with van der Waals surface area (Å²) in [6, 6.07) is 8.39. The fourth-order valence-electron chi connectivity index (χ4n) is 2.58. The second-order valence-electron chi connectivity index (χ2n) is 4.72. The van der Waals surface area contributed by atoms with Crippen molar-refractivity contribution in [3.8, 4) is 5.75 Å². The number of benzene rings is 2. The molecule has 0 saturated heterocycles. The Morgan fingerprint density at radius 2 is 1.64 bits per heavy atom. The topological polar surface area (TPSA) is 88.6 Å². The van der Waals surface area contributed by atoms with Gasteiger partial charge in [-0.2, -0.15) is 0 Å². The highest BCUT2D eigenvalue weighted by molar-refractivity contribution is 6.18. The second kappa shape index (κ2) is 5.07. The van der Waals surface area contributed by atoms with Crippen molar-refractivity contribution in [3.63, 3.8) is 0 Å². The first-order chi connectivity index (χ1) is 10.6. The number of H-pyrrole nitrogens is 1. The Kier molecular flexibility index (Phi) is 3.21. The van der Waals surface area contributed by atoms with Crippen LogP contribution in [0.5, 0.6) is 5.75 Å². The molecule has 0 atom stereocenters. The second-order valence-corrected chi connectivity index (χ2v) is 4.72. The van der Waals surface area contributed by atoms with E-state index >= 15 is 0 Å². The fourth-order valence-corrected chi connectivity index (χ4v) is 2.58. The first-order valence-corrected chi connectivity index (χ1v) is 6.51. The van der Waals surface area contributed by atoms with Gasteiger partial charge in [0.15, 0.2) is 0 Å². The minimum atomic E-state index is -0.662. The number of phenolic OH excluding ortho intramolecular Hbond substituents is 1. The summed E-state index contributed by atoms with van der Waals surface area (Å²) >= 11 is 0. The van der Waals surface area contributed by atoms with E-state index in [1.807, 2.05) is 0 Å². The number of ether oxygens (including phenoxy) is 2. The van der Waals surface area contributed by atoms with Gasteiger partial charge in [0.05, 0.1) is 25.3 Å². The summed E-state index contributed by atoms with van der Waals surface area (Å²) in [7, 11) is 2.48. The number of aromatic hydroxyl groups is 1. The van der Waals surface area contributed by atoms with Crippen LogP contribution in [0.3, 0.4) is 0 Å². The molecule has 2 N–H and O–H groups in total. The van der Waals surface area contributed by atoms with E-state index in [0.29, 0.717) is 21.7 Å². The van der Waals surface area contributed by atoms with Crippen LogP contribution in [-0.4, -0.2) is 36.2 Å². The van der Waals surface area contributed by atoms with Crippen molar-refractivity contribution in [3.05, 3.63) is 41.6 Å². The number of methoxy groups -OCH3 is 2. The molecule has 0 unspecified atom stereocenters. The number of hydrogen-bond donors (Lipinski definition) is 2. The summed E-state index contributed by atoms with van der Waals surface area (Å²) in [5, 5.41) is 11.8. The maximum atomic E-state index is 12.0. The number of esters is 2. The van der Waals surface area contributed by atoms with Crippen LogP contribution in [0.15, 0.2) is 30.3 Å². The number of aromatic amines is 1. The lowest BCUT2D eigenvalue weighted by Gasteiger charge is -2.03. The molecule has 0 aliphatic heterocycles. The van der Waals surface area contributed by atoms with Gasteiger partial charge in [-0.15, -0.1) is 0 Å². The lowest BCUT2D eigenvalue weighted by Crippen LogP contribution is -2.10. The van der Waals surface area contributed by atoms with Gasteiger partial charge in [-0.25, -0.2) is 9.59 Å². The third-order valence-electron chi connectivity index (χ3n) is 3.59. The first kappa shape index (κ1) is 13.9. The molecular formula is C16H13NO5. The van der Waals surface area contributed by atoms with Crippen LogP contribution in [0.1, 0.15) is 20.8 Å². The summed E-state index contributed by atoms with van der Waals surface area (Å²) in [6.07, 6.45) is 0. The maximum absolute atomic E-state index is 12.0. The third kappa shape index (κ3) is 1.88. The molecule has 1 aromatic heterocycles. The normalized spacial score (nSPS) is 10.8. The largest absolute Gasteiger partial charge is 0.507 e. The van der Waals surface area contributed by atoms with E-state index in [1.54, 1.807) is 30.3 Å². The zero-order valence-corrected chi connectivity index (χ0v) is 12.0. The van der Waals surface area contributed by atoms with E-state index in [2.05, 4.69) is 4.98 Å². The van der Waals surface area contributed by atoms with Crippen molar-refractivity contribution in [1.82, 2.24) is 4.98 Å². The number of phenols is 1. The van der Waals surface area contributed by atoms with Crippen molar-refractivity contribution in [2.45, 2.75) is 0 Å². The Morgan fingerprint density at radius 1 is 0.955 bits per heavy atom. The van der Waals surface area contributed by atoms with E-state index < -0.39 is 11.9 Å². The lowest BCUT2D eigenvalue weighted by atomic mass is 10.0. The van der Waals surface area contributed by atoms with Crippen LogP contribution < -0.4 is 0 Å². The molecule has 0 amide bonds. The zero-order chi connectivity index (χ0) is 15.9. The number of rotatable bonds is 2. The molecule has 2 aromatic carbocycles. The predicted molar refractivity (Wildman–Crippen MR) is 80.1 cm³/mol. The predicted octanol–water partition coefficient (Wildman–Crippen LogP) is 2.60. The highest BCUT2D eigenvalue weighted by Crippen LogP contribution is 2.33. The SMILES string of the molecule is COC(=O)c1[nH]c2c(ccc3c(O)cccc32)c1C(=O)OC. The number of nitrogens with one attached hydrogen (secondary N) is 1. The van der Waals surface area contributed by atoms with Crippen LogP contribution in [0, 0.1) is 0 Å². The van der Waals surface area contributed by atoms with E-state index in [-0.39, 0.29) is 17.0 Å². The lowest BCUT2D eigenvalue weighted by molar-refractivity contribution is 0.0553. The average Bonchev–Trinajstić information content (AvgIpc) is 2.93. The van der Waals surface area contributed by atoms with Crippen molar-refractivity contribution in [2.75, 3.05) is 14.2 Å². The van der Waals surface area contributed by atoms with Gasteiger partial charge in [0.1, 0.15) is 11.4 Å². The molecule has 6 nitrogen and oxygen atoms in total. The van der Waals surface area contributed by atoms with Gasteiger partial charge >= 0.3 is 11.9 Å². The minimum absolute atomic E-state index is 0.0280. The van der Waals surface area contributed by atoms with Gasteiger partial charge < -0.3 is 19.6 Å². The summed E-state index contributed by atoms with van der Waals surface area (Å²) in [6.45, 7) is 0. The first-order valence-electron chi connectivity index (χ1n) is 6.51. The summed E-state index contributed by atoms with van der Waals surface area (Å²) in [5.41, 5.74) is 0.712. The van der Waals surface area contributed by atoms with Crippen LogP contribution in [0.4, 0.5) is 0 Å². The molecule has 1 heterocycles. The van der Waals surface area contributed by atoms with E-state index in [1.165, 1.54) is 14.2 Å². The van der Waals surface area contributed by atoms with E-state index in [9.17, 15) is 14.7 Å². The zero-order valence-electron chi connectivity index (χ0n) is 12.0. The van der Waals surface area contributed by atoms with Crippen molar-refractivity contribution in [1.29, 1.82) is 0 Å². The van der Waals surface area contributed by atoms with Gasteiger partial charge in [0.2, 0.25) is 0 Å². The highest BCUT2D eigenvalue weighted by Gasteiger charge is 2.25. The van der Waals surface area contributed by atoms with E-state index in [0.717, 1.165) is 0 Å². The van der Waals surface area contributed by atoms with Crippen LogP contribution >= 0.6 is 0 Å². The van der Waals surface area contributed by atoms with Crippen LogP contribution in [0.2, 0.25) is 0 Å². The number of aromatic nitrogens is 1. The smallest absolute Gasteiger partial charge is 0.355 e. The van der Waals surface area contributed by atoms with Crippen LogP contribution in [0.25, 0.3) is 21.7 Å². The Hall–Kier alpha value is -3.02. The molecule has 0 bridgehead atoms. The Bertz CT molecular complexity index is 910. The molecular weight excluding hydrogens is 286 g/mol. The molecule has 22 heavy (non-hydrogen) atoms. The monoisotopic (exact) mass is 299 g/mol. The summed E-state index contributed by atoms with van der Waals surface area (Å²) in [5.74, 6) is -1.18. The number of carbonyl (C=O) groups excluding carboxylic acids is 2. The molecule has 0 aliphatic carbocycles. The van der Waals surface area contributed by atoms with Gasteiger partial charge in [-0.1, -0.05) is 18.2 Å². The standard InChI is InChI=1S/C16H13NO5/c1-21-15(19)12-10-7-6-8-9(4-3-5-11(8)18)13(10)17-14(12)16(20)22-2/h3-7,17-18H,1-2H3. The minimum Gasteiger partial charge on any atom is -0.507 e. The molecule has 0 radical (unpaired) electrons. The average molecular weight is 299 g/mol. The number of hydrogen-bond acceptors (Lipinski definition) is 5. The molecule has 0 spiro atoms. The van der Waals surface area contributed by atoms with Gasteiger partial charge in [-0.05, 0) is 12.1 Å². The number of carbonyl (C=O) groups is 2. The Morgan fingerprint density at radius 3 is 2.32 bits per heavy atom. The Balaban J connectivity index is 2.45. The van der Waals surface area contributed by atoms with Crippen molar-refractivity contribution >= 4 is 33.6 Å². The Labute approximate surface area is 125 Å². The van der Waals surface area contributed by atoms with Crippen molar-refractivity contribution in [2.24, 2.45) is 0 Å². The molecule has 3 rings (SSSR count). The molecule has 0 saturated carbocycles. The van der Waals surface area contributed by atoms with Gasteiger partial charge in [0.25, 0.3) is 0 Å². The molecule has 0 fully saturated rings. The summed E-state index contributed by atoms with van der Waals surface area (Å²) in [4.78, 5) is 26.9. The van der Waals surface area contributed by atoms with Gasteiger partial charge in [-0.3, -0.25) is 0 Å². The number of fused-ring (bicyclic) bond motifs is 3. The maximum Gasteiger partial charge on any atom is 0.355 e. The fraction of sp³-hybridized carbons (Fsp3) is 0.125. The molecule has 0 aliphatic rings. The molecule has 3 aromatic rings. The van der Waals surface area contributed by atoms with E-state index in [4.69, 9.17) is 9.47 Å². The summed E-state index contributed by atoms with van der Waals surface area (Å²) < 4.78 is 9.47. The highest BCUT2D eigenvalue weighted by atomic mass is 16.5. The molecule has 112 valence electrons. The third-order valence-corrected chi connectivity index (χ3v) is 3.59. The quantitative estimate of drug-likeness (QED) is 0.710. The van der Waals surface area contributed by atoms with Crippen LogP contribution in [-0.2, 0) is 9.47 Å². The van der Waals surface area contributed by atoms with Crippen molar-refractivity contribution < 1.29 is 24.2 Å². The van der Waals surface area contributed by atoms with Gasteiger partial charge in [0, 0.05) is 16.2 Å².